The number of nitrogens with zero attached hydrogens (tertiary/aromatic N) is 2. The Kier molecular flexibility index (Phi) is 5.10. The van der Waals surface area contributed by atoms with E-state index in [1.807, 2.05) is 0 Å². The molecule has 0 atom stereocenters. The molecule has 22 heavy (non-hydrogen) atoms. The zero-order chi connectivity index (χ0) is 16.0. The lowest BCUT2D eigenvalue weighted by Gasteiger charge is -2.08. The number of anilines is 1. The molecule has 0 aliphatic heterocycles. The van der Waals surface area contributed by atoms with Crippen LogP contribution in [0, 0.1) is 0 Å². The summed E-state index contributed by atoms with van der Waals surface area (Å²) in [6, 6.07) is 6.83. The highest BCUT2D eigenvalue weighted by Gasteiger charge is 2.27. The Bertz CT molecular complexity index is 614. The third kappa shape index (κ3) is 5.17. The van der Waals surface area contributed by atoms with Crippen molar-refractivity contribution in [2.24, 2.45) is 0 Å². The predicted molar refractivity (Wildman–Crippen MR) is 71.9 cm³/mol. The maximum atomic E-state index is 11.9. The number of ether oxygens (including phenoxy) is 1. The number of halogens is 3. The molecule has 9 heteroatoms. The first-order valence-corrected chi connectivity index (χ1v) is 6.34. The molecule has 118 valence electrons. The van der Waals surface area contributed by atoms with Crippen molar-refractivity contribution in [1.29, 1.82) is 0 Å². The molecule has 1 heterocycles. The van der Waals surface area contributed by atoms with E-state index < -0.39 is 18.7 Å². The fourth-order valence-corrected chi connectivity index (χ4v) is 1.67. The number of carbonyl (C=O) groups excluding carboxylic acids is 1. The zero-order valence-electron chi connectivity index (χ0n) is 11.4. The van der Waals surface area contributed by atoms with E-state index in [2.05, 4.69) is 25.2 Å². The molecular weight excluding hydrogens is 301 g/mol. The Labute approximate surface area is 123 Å². The molecule has 1 aromatic heterocycles. The summed E-state index contributed by atoms with van der Waals surface area (Å²) < 4.78 is 40.0. The van der Waals surface area contributed by atoms with Gasteiger partial charge in [-0.1, -0.05) is 12.1 Å². The summed E-state index contributed by atoms with van der Waals surface area (Å²) in [6.45, 7) is -1.66. The summed E-state index contributed by atoms with van der Waals surface area (Å²) in [5, 5.41) is 9.00. The Morgan fingerprint density at radius 2 is 2.18 bits per heavy atom. The van der Waals surface area contributed by atoms with Crippen LogP contribution in [0.4, 0.5) is 18.9 Å². The second-order valence-electron chi connectivity index (χ2n) is 4.38. The van der Waals surface area contributed by atoms with Gasteiger partial charge in [-0.25, -0.2) is 4.98 Å². The maximum Gasteiger partial charge on any atom is 0.411 e. The number of carbonyl (C=O) groups is 1. The molecular formula is C13H13F3N4O2. The van der Waals surface area contributed by atoms with Gasteiger partial charge >= 0.3 is 6.18 Å². The number of hydrogen-bond donors (Lipinski definition) is 2. The quantitative estimate of drug-likeness (QED) is 0.802. The first-order valence-electron chi connectivity index (χ1n) is 6.34. The zero-order valence-corrected chi connectivity index (χ0v) is 11.4. The number of amides is 1. The van der Waals surface area contributed by atoms with Gasteiger partial charge in [0.05, 0.1) is 13.0 Å². The van der Waals surface area contributed by atoms with Gasteiger partial charge in [-0.2, -0.15) is 18.3 Å². The summed E-state index contributed by atoms with van der Waals surface area (Å²) in [6.07, 6.45) is -3.19. The van der Waals surface area contributed by atoms with Crippen LogP contribution in [0.2, 0.25) is 0 Å². The number of alkyl halides is 3. The molecule has 6 nitrogen and oxygen atoms in total. The molecule has 0 aliphatic rings. The fourth-order valence-electron chi connectivity index (χ4n) is 1.67. The average molecular weight is 314 g/mol. The Morgan fingerprint density at radius 1 is 1.36 bits per heavy atom. The van der Waals surface area contributed by atoms with Gasteiger partial charge < -0.3 is 10.1 Å². The Morgan fingerprint density at radius 3 is 2.86 bits per heavy atom. The minimum atomic E-state index is -4.39. The number of hydrogen-bond acceptors (Lipinski definition) is 4. The lowest BCUT2D eigenvalue weighted by Crippen LogP contribution is -2.20. The summed E-state index contributed by atoms with van der Waals surface area (Å²) in [4.78, 5) is 15.6. The first kappa shape index (κ1) is 16.0. The molecule has 0 spiro atoms. The van der Waals surface area contributed by atoms with Gasteiger partial charge in [0.15, 0.2) is 5.82 Å². The highest BCUT2D eigenvalue weighted by Crippen LogP contribution is 2.19. The van der Waals surface area contributed by atoms with E-state index >= 15 is 0 Å². The van der Waals surface area contributed by atoms with Gasteiger partial charge in [0.1, 0.15) is 12.9 Å². The van der Waals surface area contributed by atoms with Crippen molar-refractivity contribution in [2.75, 3.05) is 18.5 Å². The van der Waals surface area contributed by atoms with Crippen molar-refractivity contribution < 1.29 is 22.7 Å². The van der Waals surface area contributed by atoms with E-state index in [-0.39, 0.29) is 13.0 Å². The third-order valence-electron chi connectivity index (χ3n) is 2.57. The molecule has 2 aromatic rings. The molecule has 2 rings (SSSR count). The van der Waals surface area contributed by atoms with Crippen molar-refractivity contribution in [3.63, 3.8) is 0 Å². The second-order valence-corrected chi connectivity index (χ2v) is 4.38. The van der Waals surface area contributed by atoms with Crippen molar-refractivity contribution in [2.45, 2.75) is 12.6 Å². The number of aromatic amines is 1. The standard InChI is InChI=1S/C13H13F3N4O2/c14-13(15,16)7-22-5-4-11(21)19-10-3-1-2-9(6-10)12-17-8-18-20-12/h1-3,6,8H,4-5,7H2,(H,19,21)(H,17,18,20). The van der Waals surface area contributed by atoms with Gasteiger partial charge in [-0.3, -0.25) is 9.89 Å². The molecule has 0 saturated heterocycles. The molecule has 0 radical (unpaired) electrons. The Hall–Kier alpha value is -2.42. The largest absolute Gasteiger partial charge is 0.411 e. The number of rotatable bonds is 6. The fraction of sp³-hybridized carbons (Fsp3) is 0.308. The molecule has 0 fully saturated rings. The predicted octanol–water partition coefficient (Wildman–Crippen LogP) is 2.38. The summed E-state index contributed by atoms with van der Waals surface area (Å²) in [5.41, 5.74) is 1.23. The van der Waals surface area contributed by atoms with E-state index in [1.54, 1.807) is 24.3 Å². The van der Waals surface area contributed by atoms with Crippen LogP contribution in [0.25, 0.3) is 11.4 Å². The average Bonchev–Trinajstić information content (AvgIpc) is 2.97. The number of H-pyrrole nitrogens is 1. The summed E-state index contributed by atoms with van der Waals surface area (Å²) in [7, 11) is 0. The molecule has 0 saturated carbocycles. The van der Waals surface area contributed by atoms with Crippen LogP contribution in [-0.2, 0) is 9.53 Å². The van der Waals surface area contributed by atoms with Crippen LogP contribution in [0.5, 0.6) is 0 Å². The van der Waals surface area contributed by atoms with Crippen molar-refractivity contribution in [3.8, 4) is 11.4 Å². The van der Waals surface area contributed by atoms with Gasteiger partial charge in [0.25, 0.3) is 0 Å². The highest BCUT2D eigenvalue weighted by molar-refractivity contribution is 5.91. The molecule has 2 N–H and O–H groups in total. The molecule has 0 unspecified atom stereocenters. The second kappa shape index (κ2) is 7.03. The van der Waals surface area contributed by atoms with Crippen LogP contribution < -0.4 is 5.32 Å². The molecule has 0 aliphatic carbocycles. The summed E-state index contributed by atoms with van der Waals surface area (Å²) >= 11 is 0. The number of aromatic nitrogens is 3. The minimum absolute atomic E-state index is 0.164. The maximum absolute atomic E-state index is 11.9. The molecule has 1 aromatic carbocycles. The van der Waals surface area contributed by atoms with Gasteiger partial charge in [0, 0.05) is 11.3 Å². The van der Waals surface area contributed by atoms with E-state index in [0.717, 1.165) is 5.56 Å². The van der Waals surface area contributed by atoms with Crippen LogP contribution in [0.1, 0.15) is 6.42 Å². The van der Waals surface area contributed by atoms with Crippen LogP contribution in [0.3, 0.4) is 0 Å². The first-order chi connectivity index (χ1) is 10.4. The van der Waals surface area contributed by atoms with Crippen LogP contribution >= 0.6 is 0 Å². The number of benzene rings is 1. The highest BCUT2D eigenvalue weighted by atomic mass is 19.4. The van der Waals surface area contributed by atoms with E-state index in [4.69, 9.17) is 0 Å². The van der Waals surface area contributed by atoms with Gasteiger partial charge in [-0.15, -0.1) is 0 Å². The topological polar surface area (TPSA) is 79.9 Å². The minimum Gasteiger partial charge on any atom is -0.372 e. The van der Waals surface area contributed by atoms with E-state index in [1.165, 1.54) is 6.33 Å². The van der Waals surface area contributed by atoms with Crippen molar-refractivity contribution >= 4 is 11.6 Å². The van der Waals surface area contributed by atoms with Crippen molar-refractivity contribution in [3.05, 3.63) is 30.6 Å². The van der Waals surface area contributed by atoms with Crippen molar-refractivity contribution in [1.82, 2.24) is 15.2 Å². The molecule has 0 bridgehead atoms. The smallest absolute Gasteiger partial charge is 0.372 e. The van der Waals surface area contributed by atoms with Gasteiger partial charge in [0.2, 0.25) is 5.91 Å². The third-order valence-corrected chi connectivity index (χ3v) is 2.57. The van der Waals surface area contributed by atoms with Gasteiger partial charge in [-0.05, 0) is 12.1 Å². The van der Waals surface area contributed by atoms with Crippen LogP contribution in [0.15, 0.2) is 30.6 Å². The normalized spacial score (nSPS) is 11.4. The number of nitrogens with one attached hydrogen (secondary N) is 2. The molecule has 1 amide bonds. The Balaban J connectivity index is 1.83. The van der Waals surface area contributed by atoms with E-state index in [9.17, 15) is 18.0 Å². The summed E-state index contributed by atoms with van der Waals surface area (Å²) in [5.74, 6) is 0.113. The lowest BCUT2D eigenvalue weighted by molar-refractivity contribution is -0.174. The van der Waals surface area contributed by atoms with Crippen LogP contribution in [-0.4, -0.2) is 40.5 Å². The monoisotopic (exact) mass is 314 g/mol. The SMILES string of the molecule is O=C(CCOCC(F)(F)F)Nc1cccc(-c2ncn[nH]2)c1. The lowest BCUT2D eigenvalue weighted by atomic mass is 10.2. The van der Waals surface area contributed by atoms with E-state index in [0.29, 0.717) is 11.5 Å².